The first-order chi connectivity index (χ1) is 17.5. The van der Waals surface area contributed by atoms with E-state index in [-0.39, 0.29) is 11.8 Å². The lowest BCUT2D eigenvalue weighted by molar-refractivity contribution is 0.324. The standard InChI is InChI=1S/C26H30BrN3O5S/c1-32-21-11-16(10-19(27)24(21)31)14-28-30-20(15-36-26(30)29-18-8-6-5-7-9-18)17-12-22(33-2)25(35-4)23(13-17)34-3/h10-15,18,31H,5-9H2,1-4H3. The van der Waals surface area contributed by atoms with Crippen LogP contribution in [0.25, 0.3) is 11.3 Å². The zero-order chi connectivity index (χ0) is 25.7. The smallest absolute Gasteiger partial charge is 0.206 e. The molecule has 0 amide bonds. The van der Waals surface area contributed by atoms with Crippen LogP contribution < -0.4 is 23.7 Å². The van der Waals surface area contributed by atoms with Gasteiger partial charge in [-0.25, -0.2) is 4.68 Å². The molecule has 0 radical (unpaired) electrons. The van der Waals surface area contributed by atoms with Crippen molar-refractivity contribution < 1.29 is 24.1 Å². The summed E-state index contributed by atoms with van der Waals surface area (Å²) in [7, 11) is 6.29. The first-order valence-electron chi connectivity index (χ1n) is 11.6. The number of phenols is 1. The van der Waals surface area contributed by atoms with E-state index >= 15 is 0 Å². The molecule has 2 aromatic carbocycles. The van der Waals surface area contributed by atoms with E-state index < -0.39 is 0 Å². The van der Waals surface area contributed by atoms with Crippen LogP contribution >= 0.6 is 27.3 Å². The largest absolute Gasteiger partial charge is 0.503 e. The highest BCUT2D eigenvalue weighted by Crippen LogP contribution is 2.41. The van der Waals surface area contributed by atoms with Crippen molar-refractivity contribution in [2.75, 3.05) is 28.4 Å². The predicted octanol–water partition coefficient (Wildman–Crippen LogP) is 5.83. The number of phenolic OH excluding ortho intramolecular Hbond substituents is 1. The maximum atomic E-state index is 10.2. The second kappa shape index (κ2) is 11.8. The molecule has 36 heavy (non-hydrogen) atoms. The summed E-state index contributed by atoms with van der Waals surface area (Å²) < 4.78 is 24.3. The minimum Gasteiger partial charge on any atom is -0.503 e. The van der Waals surface area contributed by atoms with Gasteiger partial charge in [-0.1, -0.05) is 19.3 Å². The second-order valence-corrected chi connectivity index (χ2v) is 10.0. The van der Waals surface area contributed by atoms with Gasteiger partial charge in [0.15, 0.2) is 23.0 Å². The fourth-order valence-corrected chi connectivity index (χ4v) is 5.61. The minimum atomic E-state index is 0.0453. The quantitative estimate of drug-likeness (QED) is 0.341. The molecule has 3 aromatic rings. The van der Waals surface area contributed by atoms with Crippen LogP contribution in [0.15, 0.2) is 44.2 Å². The first-order valence-corrected chi connectivity index (χ1v) is 13.3. The van der Waals surface area contributed by atoms with Crippen LogP contribution in [0, 0.1) is 0 Å². The van der Waals surface area contributed by atoms with Gasteiger partial charge in [-0.15, -0.1) is 11.3 Å². The minimum absolute atomic E-state index is 0.0453. The van der Waals surface area contributed by atoms with Crippen LogP contribution in [0.3, 0.4) is 0 Å². The highest BCUT2D eigenvalue weighted by atomic mass is 79.9. The fourth-order valence-electron chi connectivity index (χ4n) is 4.24. The number of hydrogen-bond donors (Lipinski definition) is 1. The Hall–Kier alpha value is -2.98. The molecule has 0 spiro atoms. The molecule has 192 valence electrons. The molecule has 0 bridgehead atoms. The summed E-state index contributed by atoms with van der Waals surface area (Å²) in [4.78, 5) is 5.88. The highest BCUT2D eigenvalue weighted by Gasteiger charge is 2.18. The Morgan fingerprint density at radius 2 is 1.61 bits per heavy atom. The number of aromatic hydroxyl groups is 1. The summed E-state index contributed by atoms with van der Waals surface area (Å²) in [5.41, 5.74) is 2.46. The van der Waals surface area contributed by atoms with E-state index in [0.29, 0.717) is 27.5 Å². The second-order valence-electron chi connectivity index (χ2n) is 8.35. The van der Waals surface area contributed by atoms with Gasteiger partial charge in [0.05, 0.1) is 50.9 Å². The summed E-state index contributed by atoms with van der Waals surface area (Å²) in [5.74, 6) is 2.06. The maximum Gasteiger partial charge on any atom is 0.206 e. The molecule has 8 nitrogen and oxygen atoms in total. The van der Waals surface area contributed by atoms with Gasteiger partial charge in [-0.05, 0) is 58.6 Å². The van der Waals surface area contributed by atoms with E-state index in [9.17, 15) is 5.11 Å². The van der Waals surface area contributed by atoms with Crippen molar-refractivity contribution in [3.8, 4) is 40.0 Å². The molecule has 0 aliphatic heterocycles. The predicted molar refractivity (Wildman–Crippen MR) is 145 cm³/mol. The van der Waals surface area contributed by atoms with Crippen molar-refractivity contribution in [3.05, 3.63) is 44.5 Å². The van der Waals surface area contributed by atoms with E-state index in [1.165, 1.54) is 26.4 Å². The van der Waals surface area contributed by atoms with Crippen LogP contribution in [0.1, 0.15) is 37.7 Å². The third-order valence-corrected chi connectivity index (χ3v) is 7.54. The lowest BCUT2D eigenvalue weighted by atomic mass is 9.96. The van der Waals surface area contributed by atoms with Crippen LogP contribution in [0.5, 0.6) is 28.7 Å². The van der Waals surface area contributed by atoms with Gasteiger partial charge >= 0.3 is 0 Å². The van der Waals surface area contributed by atoms with Gasteiger partial charge in [-0.2, -0.15) is 5.10 Å². The van der Waals surface area contributed by atoms with Crippen LogP contribution in [0.4, 0.5) is 0 Å². The van der Waals surface area contributed by atoms with Gasteiger partial charge in [0.1, 0.15) is 0 Å². The Morgan fingerprint density at radius 1 is 0.944 bits per heavy atom. The number of ether oxygens (including phenoxy) is 4. The van der Waals surface area contributed by atoms with Crippen molar-refractivity contribution in [3.63, 3.8) is 0 Å². The van der Waals surface area contributed by atoms with E-state index in [1.54, 1.807) is 51.0 Å². The number of nitrogens with zero attached hydrogens (tertiary/aromatic N) is 3. The van der Waals surface area contributed by atoms with Gasteiger partial charge in [-0.3, -0.25) is 4.99 Å². The molecular weight excluding hydrogens is 546 g/mol. The summed E-state index contributed by atoms with van der Waals surface area (Å²) in [6, 6.07) is 7.60. The van der Waals surface area contributed by atoms with Gasteiger partial charge in [0.2, 0.25) is 10.6 Å². The monoisotopic (exact) mass is 575 g/mol. The van der Waals surface area contributed by atoms with E-state index in [4.69, 9.17) is 29.0 Å². The molecular formula is C26H30BrN3O5S. The summed E-state index contributed by atoms with van der Waals surface area (Å²) in [5, 5.41) is 17.0. The zero-order valence-corrected chi connectivity index (χ0v) is 23.2. The molecule has 4 rings (SSSR count). The Labute approximate surface area is 223 Å². The zero-order valence-electron chi connectivity index (χ0n) is 20.8. The maximum absolute atomic E-state index is 10.2. The number of hydrogen-bond acceptors (Lipinski definition) is 8. The van der Waals surface area contributed by atoms with E-state index in [1.807, 2.05) is 22.2 Å². The Kier molecular flexibility index (Phi) is 8.58. The number of methoxy groups -OCH3 is 4. The SMILES string of the molecule is COc1cc(C=Nn2c(-c3cc(OC)c(OC)c(OC)c3)csc2=NC2CCCCC2)cc(Br)c1O. The fraction of sp³-hybridized carbons (Fsp3) is 0.385. The molecule has 1 N–H and O–H groups in total. The van der Waals surface area contributed by atoms with Crippen LogP contribution in [-0.4, -0.2) is 50.5 Å². The van der Waals surface area contributed by atoms with Gasteiger partial charge < -0.3 is 24.1 Å². The van der Waals surface area contributed by atoms with Crippen molar-refractivity contribution in [1.29, 1.82) is 0 Å². The van der Waals surface area contributed by atoms with Crippen LogP contribution in [0.2, 0.25) is 0 Å². The molecule has 10 heteroatoms. The summed E-state index contributed by atoms with van der Waals surface area (Å²) >= 11 is 4.92. The highest BCUT2D eigenvalue weighted by molar-refractivity contribution is 9.10. The molecule has 1 fully saturated rings. The molecule has 1 aliphatic carbocycles. The van der Waals surface area contributed by atoms with Gasteiger partial charge in [0.25, 0.3) is 0 Å². The Morgan fingerprint density at radius 3 is 2.22 bits per heavy atom. The molecule has 1 aliphatic rings. The molecule has 1 heterocycles. The Balaban J connectivity index is 1.85. The average molecular weight is 577 g/mol. The third kappa shape index (κ3) is 5.54. The molecule has 0 saturated heterocycles. The summed E-state index contributed by atoms with van der Waals surface area (Å²) in [6.45, 7) is 0. The van der Waals surface area contributed by atoms with E-state index in [2.05, 4.69) is 15.9 Å². The number of benzene rings is 2. The molecule has 0 unspecified atom stereocenters. The van der Waals surface area contributed by atoms with Crippen molar-refractivity contribution in [2.24, 2.45) is 10.1 Å². The van der Waals surface area contributed by atoms with Crippen LogP contribution in [-0.2, 0) is 0 Å². The lowest BCUT2D eigenvalue weighted by Gasteiger charge is -2.17. The summed E-state index contributed by atoms with van der Waals surface area (Å²) in [6.07, 6.45) is 7.56. The molecule has 1 aromatic heterocycles. The van der Waals surface area contributed by atoms with Crippen molar-refractivity contribution in [1.82, 2.24) is 4.68 Å². The number of rotatable bonds is 8. The number of halogens is 1. The topological polar surface area (TPSA) is 86.8 Å². The van der Waals surface area contributed by atoms with E-state index in [0.717, 1.165) is 34.5 Å². The third-order valence-electron chi connectivity index (χ3n) is 6.11. The van der Waals surface area contributed by atoms with Crippen molar-refractivity contribution in [2.45, 2.75) is 38.1 Å². The number of thiazole rings is 1. The molecule has 1 saturated carbocycles. The first kappa shape index (κ1) is 26.1. The number of aromatic nitrogens is 1. The molecule has 0 atom stereocenters. The Bertz CT molecular complexity index is 1290. The average Bonchev–Trinajstić information content (AvgIpc) is 3.30. The van der Waals surface area contributed by atoms with Gasteiger partial charge in [0, 0.05) is 10.9 Å². The van der Waals surface area contributed by atoms with Crippen molar-refractivity contribution >= 4 is 33.5 Å². The lowest BCUT2D eigenvalue weighted by Crippen LogP contribution is -2.19. The normalized spacial score (nSPS) is 14.9.